The van der Waals surface area contributed by atoms with E-state index >= 15 is 0 Å². The SMILES string of the molecule is NC(=O)C1(S(=O)c2ccc(OCCCc3cccc(-c4cccnc4)c3)cc2)CCOCC1. The summed E-state index contributed by atoms with van der Waals surface area (Å²) in [6.07, 6.45) is 6.15. The number of rotatable bonds is 9. The summed E-state index contributed by atoms with van der Waals surface area (Å²) in [5, 5.41) is 0. The summed E-state index contributed by atoms with van der Waals surface area (Å²) in [5.41, 5.74) is 9.13. The molecule has 0 saturated carbocycles. The minimum atomic E-state index is -1.53. The quantitative estimate of drug-likeness (QED) is 0.485. The Morgan fingerprint density at radius 2 is 1.82 bits per heavy atom. The molecule has 0 radical (unpaired) electrons. The maximum atomic E-state index is 13.1. The minimum Gasteiger partial charge on any atom is -0.494 e. The average Bonchev–Trinajstić information content (AvgIpc) is 2.87. The Morgan fingerprint density at radius 3 is 2.52 bits per heavy atom. The smallest absolute Gasteiger partial charge is 0.236 e. The Kier molecular flexibility index (Phi) is 7.52. The highest BCUT2D eigenvalue weighted by atomic mass is 32.2. The van der Waals surface area contributed by atoms with Crippen LogP contribution < -0.4 is 10.5 Å². The fourth-order valence-electron chi connectivity index (χ4n) is 4.02. The third kappa shape index (κ3) is 5.49. The number of primary amides is 1. The van der Waals surface area contributed by atoms with Crippen LogP contribution in [0, 0.1) is 0 Å². The molecule has 4 rings (SSSR count). The molecule has 1 unspecified atom stereocenters. The molecule has 2 N–H and O–H groups in total. The van der Waals surface area contributed by atoms with E-state index in [1.165, 1.54) is 5.56 Å². The molecule has 172 valence electrons. The first kappa shape index (κ1) is 23.1. The summed E-state index contributed by atoms with van der Waals surface area (Å²) >= 11 is 0. The van der Waals surface area contributed by atoms with Gasteiger partial charge in [-0.05, 0) is 72.7 Å². The Balaban J connectivity index is 1.30. The van der Waals surface area contributed by atoms with Crippen LogP contribution in [0.15, 0.2) is 78.0 Å². The first-order chi connectivity index (χ1) is 16.1. The predicted octanol–water partition coefficient (Wildman–Crippen LogP) is 3.90. The van der Waals surface area contributed by atoms with E-state index in [9.17, 15) is 9.00 Å². The van der Waals surface area contributed by atoms with Crippen LogP contribution in [0.2, 0.25) is 0 Å². The summed E-state index contributed by atoms with van der Waals surface area (Å²) in [6, 6.07) is 19.6. The van der Waals surface area contributed by atoms with Crippen LogP contribution in [0.3, 0.4) is 0 Å². The van der Waals surface area contributed by atoms with Gasteiger partial charge in [-0.15, -0.1) is 0 Å². The zero-order valence-corrected chi connectivity index (χ0v) is 19.3. The van der Waals surface area contributed by atoms with E-state index < -0.39 is 21.5 Å². The standard InChI is InChI=1S/C26H28N2O4S/c27-25(29)26(12-16-31-17-13-26)33(30)24-10-8-23(9-11-24)32-15-3-5-20-4-1-6-21(18-20)22-7-2-14-28-19-22/h1-2,4,6-11,14,18-19H,3,5,12-13,15-17H2,(H2,27,29). The van der Waals surface area contributed by atoms with E-state index in [4.69, 9.17) is 15.2 Å². The lowest BCUT2D eigenvalue weighted by molar-refractivity contribution is -0.122. The Bertz CT molecular complexity index is 1100. The van der Waals surface area contributed by atoms with E-state index in [0.717, 1.165) is 24.0 Å². The Labute approximate surface area is 196 Å². The second-order valence-corrected chi connectivity index (χ2v) is 9.90. The molecular formula is C26H28N2O4S. The van der Waals surface area contributed by atoms with Crippen molar-refractivity contribution in [1.82, 2.24) is 4.98 Å². The summed E-state index contributed by atoms with van der Waals surface area (Å²) in [5.74, 6) is 0.178. The number of pyridine rings is 1. The molecule has 1 aliphatic rings. The molecule has 1 fully saturated rings. The fourth-order valence-corrected chi connectivity index (χ4v) is 5.57. The molecule has 1 saturated heterocycles. The van der Waals surface area contributed by atoms with Gasteiger partial charge in [0, 0.05) is 30.5 Å². The summed E-state index contributed by atoms with van der Waals surface area (Å²) in [7, 11) is -1.53. The number of carbonyl (C=O) groups is 1. The van der Waals surface area contributed by atoms with Crippen molar-refractivity contribution in [3.63, 3.8) is 0 Å². The van der Waals surface area contributed by atoms with Crippen molar-refractivity contribution in [3.8, 4) is 16.9 Å². The van der Waals surface area contributed by atoms with Gasteiger partial charge in [-0.3, -0.25) is 14.0 Å². The van der Waals surface area contributed by atoms with Crippen molar-refractivity contribution in [1.29, 1.82) is 0 Å². The first-order valence-electron chi connectivity index (χ1n) is 11.1. The molecule has 1 aromatic heterocycles. The van der Waals surface area contributed by atoms with Crippen molar-refractivity contribution in [2.75, 3.05) is 19.8 Å². The summed E-state index contributed by atoms with van der Waals surface area (Å²) < 4.78 is 23.3. The van der Waals surface area contributed by atoms with Crippen LogP contribution in [-0.2, 0) is 26.8 Å². The monoisotopic (exact) mass is 464 g/mol. The van der Waals surface area contributed by atoms with Gasteiger partial charge in [-0.1, -0.05) is 30.3 Å². The van der Waals surface area contributed by atoms with Crippen molar-refractivity contribution >= 4 is 16.7 Å². The molecule has 33 heavy (non-hydrogen) atoms. The number of benzene rings is 2. The number of ether oxygens (including phenoxy) is 2. The van der Waals surface area contributed by atoms with Crippen molar-refractivity contribution in [2.24, 2.45) is 5.73 Å². The van der Waals surface area contributed by atoms with Crippen molar-refractivity contribution in [2.45, 2.75) is 35.3 Å². The van der Waals surface area contributed by atoms with Crippen molar-refractivity contribution < 1.29 is 18.5 Å². The van der Waals surface area contributed by atoms with E-state index in [1.54, 1.807) is 30.5 Å². The predicted molar refractivity (Wildman–Crippen MR) is 128 cm³/mol. The lowest BCUT2D eigenvalue weighted by Gasteiger charge is -2.33. The number of hydrogen-bond donors (Lipinski definition) is 1. The average molecular weight is 465 g/mol. The number of aryl methyl sites for hydroxylation is 1. The summed E-state index contributed by atoms with van der Waals surface area (Å²) in [4.78, 5) is 16.9. The molecule has 2 heterocycles. The van der Waals surface area contributed by atoms with Gasteiger partial charge in [0.05, 0.1) is 17.4 Å². The number of amides is 1. The van der Waals surface area contributed by atoms with Crippen LogP contribution >= 0.6 is 0 Å². The molecule has 0 bridgehead atoms. The molecule has 2 aromatic carbocycles. The minimum absolute atomic E-state index is 0.370. The first-order valence-corrected chi connectivity index (χ1v) is 12.3. The fraction of sp³-hybridized carbons (Fsp3) is 0.308. The van der Waals surface area contributed by atoms with Gasteiger partial charge in [0.1, 0.15) is 10.5 Å². The van der Waals surface area contributed by atoms with Gasteiger partial charge in [0.25, 0.3) is 0 Å². The van der Waals surface area contributed by atoms with E-state index in [-0.39, 0.29) is 0 Å². The highest BCUT2D eigenvalue weighted by Gasteiger charge is 2.45. The lowest BCUT2D eigenvalue weighted by atomic mass is 9.98. The van der Waals surface area contributed by atoms with Gasteiger partial charge < -0.3 is 15.2 Å². The van der Waals surface area contributed by atoms with Gasteiger partial charge in [-0.2, -0.15) is 0 Å². The highest BCUT2D eigenvalue weighted by Crippen LogP contribution is 2.32. The number of aromatic nitrogens is 1. The molecular weight excluding hydrogens is 436 g/mol. The zero-order chi connectivity index (χ0) is 23.1. The van der Waals surface area contributed by atoms with E-state index in [0.29, 0.717) is 43.3 Å². The zero-order valence-electron chi connectivity index (χ0n) is 18.4. The number of hydrogen-bond acceptors (Lipinski definition) is 5. The van der Waals surface area contributed by atoms with Gasteiger partial charge in [0.2, 0.25) is 5.91 Å². The molecule has 0 aliphatic carbocycles. The Hall–Kier alpha value is -3.03. The second kappa shape index (κ2) is 10.7. The van der Waals surface area contributed by atoms with Crippen LogP contribution in [0.4, 0.5) is 0 Å². The molecule has 1 amide bonds. The van der Waals surface area contributed by atoms with Gasteiger partial charge >= 0.3 is 0 Å². The Morgan fingerprint density at radius 1 is 1.06 bits per heavy atom. The van der Waals surface area contributed by atoms with Crippen LogP contribution in [0.5, 0.6) is 5.75 Å². The molecule has 1 atom stereocenters. The molecule has 3 aromatic rings. The van der Waals surface area contributed by atoms with Crippen LogP contribution in [-0.4, -0.2) is 39.7 Å². The summed E-state index contributed by atoms with van der Waals surface area (Å²) in [6.45, 7) is 1.35. The number of nitrogens with zero attached hydrogens (tertiary/aromatic N) is 1. The second-order valence-electron chi connectivity index (χ2n) is 8.11. The van der Waals surface area contributed by atoms with E-state index in [2.05, 4.69) is 35.3 Å². The van der Waals surface area contributed by atoms with Gasteiger partial charge in [-0.25, -0.2) is 0 Å². The molecule has 0 spiro atoms. The van der Waals surface area contributed by atoms with Crippen LogP contribution in [0.1, 0.15) is 24.8 Å². The number of nitrogens with two attached hydrogens (primary N) is 1. The third-order valence-electron chi connectivity index (χ3n) is 5.94. The maximum Gasteiger partial charge on any atom is 0.236 e. The molecule has 7 heteroatoms. The molecule has 1 aliphatic heterocycles. The normalized spacial score (nSPS) is 16.1. The highest BCUT2D eigenvalue weighted by molar-refractivity contribution is 7.87. The van der Waals surface area contributed by atoms with Crippen molar-refractivity contribution in [3.05, 3.63) is 78.6 Å². The molecule has 6 nitrogen and oxygen atoms in total. The van der Waals surface area contributed by atoms with Crippen LogP contribution in [0.25, 0.3) is 11.1 Å². The lowest BCUT2D eigenvalue weighted by Crippen LogP contribution is -2.51. The topological polar surface area (TPSA) is 91.5 Å². The van der Waals surface area contributed by atoms with Gasteiger partial charge in [0.15, 0.2) is 0 Å². The third-order valence-corrected chi connectivity index (χ3v) is 7.96. The number of carbonyl (C=O) groups excluding carboxylic acids is 1. The maximum absolute atomic E-state index is 13.1. The largest absolute Gasteiger partial charge is 0.494 e. The van der Waals surface area contributed by atoms with E-state index in [1.807, 2.05) is 12.3 Å².